The van der Waals surface area contributed by atoms with Gasteiger partial charge in [0, 0.05) is 48.5 Å². The lowest BCUT2D eigenvalue weighted by Crippen LogP contribution is -2.48. The Morgan fingerprint density at radius 3 is 2.38 bits per heavy atom. The van der Waals surface area contributed by atoms with Gasteiger partial charge in [-0.15, -0.1) is 0 Å². The van der Waals surface area contributed by atoms with Crippen LogP contribution in [0.25, 0.3) is 0 Å². The van der Waals surface area contributed by atoms with Gasteiger partial charge in [0.05, 0.1) is 6.54 Å². The van der Waals surface area contributed by atoms with Gasteiger partial charge in [-0.25, -0.2) is 0 Å². The average molecular weight is 384 g/mol. The molecule has 0 spiro atoms. The Morgan fingerprint density at radius 2 is 1.75 bits per heavy atom. The Balaban J connectivity index is 1.44. The van der Waals surface area contributed by atoms with Gasteiger partial charge in [0.25, 0.3) is 0 Å². The first-order chi connectivity index (χ1) is 11.6. The number of hydrogen-bond acceptors (Lipinski definition) is 4. The average Bonchev–Trinajstić information content (AvgIpc) is 3.01. The molecule has 1 N–H and O–H groups in total. The van der Waals surface area contributed by atoms with E-state index in [1.54, 1.807) is 29.5 Å². The summed E-state index contributed by atoms with van der Waals surface area (Å²) in [5, 5.41) is 8.18. The Hall–Kier alpha value is -1.11. The fraction of sp³-hybridized carbons (Fsp3) is 0.353. The summed E-state index contributed by atoms with van der Waals surface area (Å²) < 4.78 is 0. The predicted octanol–water partition coefficient (Wildman–Crippen LogP) is 3.81. The molecule has 0 atom stereocenters. The molecule has 1 amide bonds. The SMILES string of the molecule is O=C(CN1CCN(Cc2ccsc2)CC1)Nc1cc(Cl)cc(Cl)c1. The molecule has 128 valence electrons. The lowest BCUT2D eigenvalue weighted by Gasteiger charge is -2.34. The van der Waals surface area contributed by atoms with Gasteiger partial charge in [0.2, 0.25) is 5.91 Å². The molecular weight excluding hydrogens is 365 g/mol. The van der Waals surface area contributed by atoms with Crippen molar-refractivity contribution < 1.29 is 4.79 Å². The zero-order chi connectivity index (χ0) is 16.9. The molecule has 4 nitrogen and oxygen atoms in total. The van der Waals surface area contributed by atoms with Crippen molar-refractivity contribution in [2.75, 3.05) is 38.0 Å². The van der Waals surface area contributed by atoms with Crippen LogP contribution >= 0.6 is 34.5 Å². The van der Waals surface area contributed by atoms with E-state index >= 15 is 0 Å². The van der Waals surface area contributed by atoms with Crippen molar-refractivity contribution in [1.29, 1.82) is 0 Å². The Bertz CT molecular complexity index is 665. The Kier molecular flexibility index (Phi) is 6.14. The molecule has 7 heteroatoms. The van der Waals surface area contributed by atoms with Crippen molar-refractivity contribution in [3.05, 3.63) is 50.6 Å². The summed E-state index contributed by atoms with van der Waals surface area (Å²) in [5.41, 5.74) is 2.00. The summed E-state index contributed by atoms with van der Waals surface area (Å²) in [7, 11) is 0. The molecule has 0 radical (unpaired) electrons. The number of nitrogens with zero attached hydrogens (tertiary/aromatic N) is 2. The summed E-state index contributed by atoms with van der Waals surface area (Å²) in [6, 6.07) is 7.21. The van der Waals surface area contributed by atoms with Gasteiger partial charge in [-0.1, -0.05) is 23.2 Å². The standard InChI is InChI=1S/C17H19Cl2N3OS/c18-14-7-15(19)9-16(8-14)20-17(23)11-22-4-2-21(3-5-22)10-13-1-6-24-12-13/h1,6-9,12H,2-5,10-11H2,(H,20,23). The van der Waals surface area contributed by atoms with Crippen LogP contribution in [0.3, 0.4) is 0 Å². The number of halogens is 2. The highest BCUT2D eigenvalue weighted by Crippen LogP contribution is 2.22. The molecule has 1 saturated heterocycles. The monoisotopic (exact) mass is 383 g/mol. The highest BCUT2D eigenvalue weighted by atomic mass is 35.5. The van der Waals surface area contributed by atoms with Gasteiger partial charge in [0.1, 0.15) is 0 Å². The summed E-state index contributed by atoms with van der Waals surface area (Å²) in [6.07, 6.45) is 0. The fourth-order valence-corrected chi connectivity index (χ4v) is 3.96. The minimum absolute atomic E-state index is 0.0420. The predicted molar refractivity (Wildman–Crippen MR) is 101 cm³/mol. The minimum atomic E-state index is -0.0420. The molecule has 1 aromatic carbocycles. The molecule has 0 bridgehead atoms. The third kappa shape index (κ3) is 5.19. The van der Waals surface area contributed by atoms with E-state index in [9.17, 15) is 4.79 Å². The molecule has 2 heterocycles. The van der Waals surface area contributed by atoms with E-state index in [1.165, 1.54) is 5.56 Å². The molecule has 0 unspecified atom stereocenters. The second kappa shape index (κ2) is 8.32. The van der Waals surface area contributed by atoms with Crippen LogP contribution in [0.4, 0.5) is 5.69 Å². The third-order valence-corrected chi connectivity index (χ3v) is 5.13. The molecule has 1 aromatic heterocycles. The summed E-state index contributed by atoms with van der Waals surface area (Å²) in [4.78, 5) is 16.8. The molecular formula is C17H19Cl2N3OS. The Morgan fingerprint density at radius 1 is 1.08 bits per heavy atom. The topological polar surface area (TPSA) is 35.6 Å². The van der Waals surface area contributed by atoms with Gasteiger partial charge >= 0.3 is 0 Å². The van der Waals surface area contributed by atoms with Crippen molar-refractivity contribution in [3.8, 4) is 0 Å². The summed E-state index contributed by atoms with van der Waals surface area (Å²) >= 11 is 13.6. The first-order valence-corrected chi connectivity index (χ1v) is 9.50. The first-order valence-electron chi connectivity index (χ1n) is 7.80. The van der Waals surface area contributed by atoms with Crippen LogP contribution in [0.15, 0.2) is 35.0 Å². The molecule has 0 saturated carbocycles. The smallest absolute Gasteiger partial charge is 0.238 e. The van der Waals surface area contributed by atoms with Crippen LogP contribution in [-0.2, 0) is 11.3 Å². The number of carbonyl (C=O) groups is 1. The maximum absolute atomic E-state index is 12.2. The molecule has 24 heavy (non-hydrogen) atoms. The maximum Gasteiger partial charge on any atom is 0.238 e. The van der Waals surface area contributed by atoms with Crippen molar-refractivity contribution in [3.63, 3.8) is 0 Å². The second-order valence-corrected chi connectivity index (χ2v) is 7.54. The largest absolute Gasteiger partial charge is 0.325 e. The van der Waals surface area contributed by atoms with E-state index in [4.69, 9.17) is 23.2 Å². The molecule has 0 aliphatic carbocycles. The number of benzene rings is 1. The van der Waals surface area contributed by atoms with Crippen LogP contribution < -0.4 is 5.32 Å². The minimum Gasteiger partial charge on any atom is -0.325 e. The normalized spacial score (nSPS) is 16.2. The van der Waals surface area contributed by atoms with Crippen molar-refractivity contribution in [1.82, 2.24) is 9.80 Å². The highest BCUT2D eigenvalue weighted by Gasteiger charge is 2.19. The maximum atomic E-state index is 12.2. The van der Waals surface area contributed by atoms with E-state index in [-0.39, 0.29) is 5.91 Å². The van der Waals surface area contributed by atoms with Crippen LogP contribution in [-0.4, -0.2) is 48.4 Å². The van der Waals surface area contributed by atoms with E-state index in [0.717, 1.165) is 32.7 Å². The van der Waals surface area contributed by atoms with Crippen molar-refractivity contribution in [2.45, 2.75) is 6.54 Å². The first kappa shape index (κ1) is 17.7. The molecule has 1 aliphatic rings. The lowest BCUT2D eigenvalue weighted by molar-refractivity contribution is -0.117. The van der Waals surface area contributed by atoms with Gasteiger partial charge in [-0.05, 0) is 40.6 Å². The highest BCUT2D eigenvalue weighted by molar-refractivity contribution is 7.07. The molecule has 1 aliphatic heterocycles. The van der Waals surface area contributed by atoms with Crippen LogP contribution in [0.5, 0.6) is 0 Å². The summed E-state index contributed by atoms with van der Waals surface area (Å²) in [5.74, 6) is -0.0420. The van der Waals surface area contributed by atoms with Crippen molar-refractivity contribution >= 4 is 46.1 Å². The number of carbonyl (C=O) groups excluding carboxylic acids is 1. The van der Waals surface area contributed by atoms with Gasteiger partial charge < -0.3 is 5.32 Å². The number of hydrogen-bond donors (Lipinski definition) is 1. The zero-order valence-electron chi connectivity index (χ0n) is 13.2. The number of thiophene rings is 1. The van der Waals surface area contributed by atoms with Gasteiger partial charge in [0.15, 0.2) is 0 Å². The van der Waals surface area contributed by atoms with Crippen molar-refractivity contribution in [2.24, 2.45) is 0 Å². The van der Waals surface area contributed by atoms with E-state index in [2.05, 4.69) is 31.9 Å². The quantitative estimate of drug-likeness (QED) is 0.852. The summed E-state index contributed by atoms with van der Waals surface area (Å²) in [6.45, 7) is 5.13. The number of rotatable bonds is 5. The number of amides is 1. The lowest BCUT2D eigenvalue weighted by atomic mass is 10.2. The van der Waals surface area contributed by atoms with Crippen LogP contribution in [0, 0.1) is 0 Å². The van der Waals surface area contributed by atoms with Crippen LogP contribution in [0.2, 0.25) is 10.0 Å². The molecule has 3 rings (SSSR count). The third-order valence-electron chi connectivity index (χ3n) is 3.96. The fourth-order valence-electron chi connectivity index (χ4n) is 2.78. The van der Waals surface area contributed by atoms with E-state index in [1.807, 2.05) is 0 Å². The van der Waals surface area contributed by atoms with E-state index < -0.39 is 0 Å². The molecule has 1 fully saturated rings. The van der Waals surface area contributed by atoms with Crippen LogP contribution in [0.1, 0.15) is 5.56 Å². The number of anilines is 1. The Labute approximate surface area is 156 Å². The molecule has 2 aromatic rings. The van der Waals surface area contributed by atoms with Gasteiger partial charge in [-0.2, -0.15) is 11.3 Å². The van der Waals surface area contributed by atoms with E-state index in [0.29, 0.717) is 22.3 Å². The number of piperazine rings is 1. The second-order valence-electron chi connectivity index (χ2n) is 5.89. The number of nitrogens with one attached hydrogen (secondary N) is 1. The van der Waals surface area contributed by atoms with Gasteiger partial charge in [-0.3, -0.25) is 14.6 Å². The zero-order valence-corrected chi connectivity index (χ0v) is 15.5.